The summed E-state index contributed by atoms with van der Waals surface area (Å²) in [6.45, 7) is 0. The maximum Gasteiger partial charge on any atom is 0.258 e. The second kappa shape index (κ2) is 5.15. The molecule has 0 aliphatic carbocycles. The first kappa shape index (κ1) is 13.0. The van der Waals surface area contributed by atoms with Crippen molar-refractivity contribution in [1.29, 1.82) is 0 Å². The number of hydrogen-bond acceptors (Lipinski definition) is 4. The van der Waals surface area contributed by atoms with Crippen molar-refractivity contribution in [3.63, 3.8) is 0 Å². The van der Waals surface area contributed by atoms with E-state index in [-0.39, 0.29) is 5.56 Å². The SMILES string of the molecule is O=C(Nc1cccc2nsnc12)c1cc(Cl)ccc1F. The highest BCUT2D eigenvalue weighted by Crippen LogP contribution is 2.23. The van der Waals surface area contributed by atoms with Crippen LogP contribution in [-0.4, -0.2) is 14.7 Å². The average Bonchev–Trinajstić information content (AvgIpc) is 2.91. The monoisotopic (exact) mass is 307 g/mol. The molecule has 7 heteroatoms. The third-order valence-corrected chi connectivity index (χ3v) is 3.48. The molecule has 0 spiro atoms. The Balaban J connectivity index is 1.96. The van der Waals surface area contributed by atoms with E-state index in [1.165, 1.54) is 12.1 Å². The molecule has 2 aromatic carbocycles. The van der Waals surface area contributed by atoms with Gasteiger partial charge in [0.05, 0.1) is 23.0 Å². The van der Waals surface area contributed by atoms with Gasteiger partial charge >= 0.3 is 0 Å². The fourth-order valence-corrected chi connectivity index (χ4v) is 2.49. The van der Waals surface area contributed by atoms with Gasteiger partial charge < -0.3 is 5.32 Å². The van der Waals surface area contributed by atoms with Crippen molar-refractivity contribution in [2.24, 2.45) is 0 Å². The van der Waals surface area contributed by atoms with Crippen molar-refractivity contribution in [3.8, 4) is 0 Å². The third-order valence-electron chi connectivity index (χ3n) is 2.71. The molecule has 1 heterocycles. The molecule has 0 aliphatic rings. The summed E-state index contributed by atoms with van der Waals surface area (Å²) in [6, 6.07) is 9.04. The summed E-state index contributed by atoms with van der Waals surface area (Å²) in [5.74, 6) is -1.21. The molecule has 1 N–H and O–H groups in total. The molecule has 0 unspecified atom stereocenters. The predicted octanol–water partition coefficient (Wildman–Crippen LogP) is 3.74. The zero-order valence-electron chi connectivity index (χ0n) is 9.93. The number of hydrogen-bond donors (Lipinski definition) is 1. The van der Waals surface area contributed by atoms with Crippen LogP contribution in [0.25, 0.3) is 11.0 Å². The fraction of sp³-hybridized carbons (Fsp3) is 0. The maximum absolute atomic E-state index is 13.6. The Morgan fingerprint density at radius 1 is 1.25 bits per heavy atom. The molecular formula is C13H7ClFN3OS. The number of nitrogens with one attached hydrogen (secondary N) is 1. The molecule has 0 radical (unpaired) electrons. The average molecular weight is 308 g/mol. The summed E-state index contributed by atoms with van der Waals surface area (Å²) in [6.07, 6.45) is 0. The number of nitrogens with zero attached hydrogens (tertiary/aromatic N) is 2. The molecule has 3 rings (SSSR count). The molecular weight excluding hydrogens is 301 g/mol. The van der Waals surface area contributed by atoms with Crippen LogP contribution in [0.15, 0.2) is 36.4 Å². The number of carbonyl (C=O) groups excluding carboxylic acids is 1. The second-order valence-electron chi connectivity index (χ2n) is 4.02. The van der Waals surface area contributed by atoms with E-state index in [9.17, 15) is 9.18 Å². The Kier molecular flexibility index (Phi) is 3.33. The highest BCUT2D eigenvalue weighted by Gasteiger charge is 2.14. The van der Waals surface area contributed by atoms with Gasteiger partial charge in [-0.15, -0.1) is 0 Å². The van der Waals surface area contributed by atoms with E-state index < -0.39 is 11.7 Å². The Bertz CT molecular complexity index is 805. The summed E-state index contributed by atoms with van der Waals surface area (Å²) in [7, 11) is 0. The lowest BCUT2D eigenvalue weighted by Crippen LogP contribution is -2.14. The second-order valence-corrected chi connectivity index (χ2v) is 4.98. The largest absolute Gasteiger partial charge is 0.320 e. The predicted molar refractivity (Wildman–Crippen MR) is 76.8 cm³/mol. The Morgan fingerprint density at radius 2 is 2.10 bits per heavy atom. The minimum atomic E-state index is -0.629. The topological polar surface area (TPSA) is 54.9 Å². The Morgan fingerprint density at radius 3 is 2.95 bits per heavy atom. The minimum absolute atomic E-state index is 0.113. The molecule has 0 saturated carbocycles. The lowest BCUT2D eigenvalue weighted by atomic mass is 10.2. The number of rotatable bonds is 2. The normalized spacial score (nSPS) is 10.7. The molecule has 3 aromatic rings. The fourth-order valence-electron chi connectivity index (χ4n) is 1.77. The zero-order chi connectivity index (χ0) is 14.1. The summed E-state index contributed by atoms with van der Waals surface area (Å²) in [5.41, 5.74) is 1.63. The van der Waals surface area contributed by atoms with Gasteiger partial charge in [0, 0.05) is 5.02 Å². The van der Waals surface area contributed by atoms with Crippen LogP contribution in [0.5, 0.6) is 0 Å². The van der Waals surface area contributed by atoms with Crippen LogP contribution in [0.4, 0.5) is 10.1 Å². The van der Waals surface area contributed by atoms with Crippen LogP contribution in [0, 0.1) is 5.82 Å². The first-order chi connectivity index (χ1) is 9.65. The van der Waals surface area contributed by atoms with Crippen molar-refractivity contribution >= 4 is 46.0 Å². The van der Waals surface area contributed by atoms with Crippen molar-refractivity contribution in [2.75, 3.05) is 5.32 Å². The van der Waals surface area contributed by atoms with E-state index in [0.717, 1.165) is 17.8 Å². The smallest absolute Gasteiger partial charge is 0.258 e. The first-order valence-electron chi connectivity index (χ1n) is 5.63. The van der Waals surface area contributed by atoms with Gasteiger partial charge in [-0.1, -0.05) is 17.7 Å². The summed E-state index contributed by atoms with van der Waals surface area (Å²) in [4.78, 5) is 12.1. The molecule has 0 atom stereocenters. The Labute approximate surface area is 122 Å². The molecule has 4 nitrogen and oxygen atoms in total. The van der Waals surface area contributed by atoms with Gasteiger partial charge in [-0.3, -0.25) is 4.79 Å². The number of benzene rings is 2. The highest BCUT2D eigenvalue weighted by atomic mass is 35.5. The van der Waals surface area contributed by atoms with Crippen LogP contribution >= 0.6 is 23.3 Å². The first-order valence-corrected chi connectivity index (χ1v) is 6.73. The molecule has 20 heavy (non-hydrogen) atoms. The van der Waals surface area contributed by atoms with E-state index in [1.807, 2.05) is 0 Å². The minimum Gasteiger partial charge on any atom is -0.320 e. The third kappa shape index (κ3) is 2.35. The van der Waals surface area contributed by atoms with Gasteiger partial charge in [-0.05, 0) is 30.3 Å². The summed E-state index contributed by atoms with van der Waals surface area (Å²) < 4.78 is 21.8. The summed E-state index contributed by atoms with van der Waals surface area (Å²) in [5, 5.41) is 2.92. The van der Waals surface area contributed by atoms with Crippen LogP contribution in [0.2, 0.25) is 5.02 Å². The molecule has 1 aromatic heterocycles. The van der Waals surface area contributed by atoms with E-state index in [2.05, 4.69) is 14.1 Å². The molecule has 0 fully saturated rings. The van der Waals surface area contributed by atoms with E-state index in [1.54, 1.807) is 18.2 Å². The van der Waals surface area contributed by atoms with Crippen molar-refractivity contribution in [3.05, 3.63) is 52.8 Å². The summed E-state index contributed by atoms with van der Waals surface area (Å²) >= 11 is 6.82. The number of carbonyl (C=O) groups is 1. The van der Waals surface area contributed by atoms with Crippen molar-refractivity contribution < 1.29 is 9.18 Å². The number of aromatic nitrogens is 2. The van der Waals surface area contributed by atoms with Crippen LogP contribution in [-0.2, 0) is 0 Å². The number of halogens is 2. The molecule has 1 amide bonds. The standard InChI is InChI=1S/C13H7ClFN3OS/c14-7-4-5-9(15)8(6-7)13(19)16-10-2-1-3-11-12(10)18-20-17-11/h1-6H,(H,16,19). The highest BCUT2D eigenvalue weighted by molar-refractivity contribution is 7.00. The van der Waals surface area contributed by atoms with E-state index in [4.69, 9.17) is 11.6 Å². The van der Waals surface area contributed by atoms with Gasteiger partial charge in [-0.2, -0.15) is 8.75 Å². The lowest BCUT2D eigenvalue weighted by Gasteiger charge is -2.06. The molecule has 100 valence electrons. The lowest BCUT2D eigenvalue weighted by molar-refractivity contribution is 0.102. The van der Waals surface area contributed by atoms with Gasteiger partial charge in [-0.25, -0.2) is 4.39 Å². The van der Waals surface area contributed by atoms with E-state index >= 15 is 0 Å². The maximum atomic E-state index is 13.6. The van der Waals surface area contributed by atoms with Gasteiger partial charge in [0.15, 0.2) is 0 Å². The van der Waals surface area contributed by atoms with Gasteiger partial charge in [0.1, 0.15) is 16.9 Å². The van der Waals surface area contributed by atoms with Gasteiger partial charge in [0.25, 0.3) is 5.91 Å². The van der Waals surface area contributed by atoms with Crippen molar-refractivity contribution in [1.82, 2.24) is 8.75 Å². The van der Waals surface area contributed by atoms with E-state index in [0.29, 0.717) is 21.7 Å². The molecule has 0 saturated heterocycles. The Hall–Kier alpha value is -2.05. The number of anilines is 1. The molecule has 0 aliphatic heterocycles. The number of amides is 1. The van der Waals surface area contributed by atoms with Crippen molar-refractivity contribution in [2.45, 2.75) is 0 Å². The van der Waals surface area contributed by atoms with Crippen LogP contribution < -0.4 is 5.32 Å². The number of fused-ring (bicyclic) bond motifs is 1. The van der Waals surface area contributed by atoms with Crippen LogP contribution in [0.3, 0.4) is 0 Å². The van der Waals surface area contributed by atoms with Gasteiger partial charge in [0.2, 0.25) is 0 Å². The zero-order valence-corrected chi connectivity index (χ0v) is 11.5. The van der Waals surface area contributed by atoms with Crippen LogP contribution in [0.1, 0.15) is 10.4 Å². The molecule has 0 bridgehead atoms. The quantitative estimate of drug-likeness (QED) is 0.784.